The number of ether oxygens (including phenoxy) is 2. The molecule has 2 aromatic carbocycles. The normalized spacial score (nSPS) is 14.4. The van der Waals surface area contributed by atoms with Crippen LogP contribution in [0.15, 0.2) is 47.6 Å². The maximum absolute atomic E-state index is 12.5. The highest BCUT2D eigenvalue weighted by molar-refractivity contribution is 7.46. The lowest BCUT2D eigenvalue weighted by molar-refractivity contribution is 0.0946. The summed E-state index contributed by atoms with van der Waals surface area (Å²) in [6, 6.07) is 11.8. The summed E-state index contributed by atoms with van der Waals surface area (Å²) in [4.78, 5) is 30.3. The van der Waals surface area contributed by atoms with Crippen LogP contribution in [-0.4, -0.2) is 71.7 Å². The van der Waals surface area contributed by atoms with Gasteiger partial charge in [-0.25, -0.2) is 4.57 Å². The second-order valence-electron chi connectivity index (χ2n) is 8.58. The predicted molar refractivity (Wildman–Crippen MR) is 143 cm³/mol. The first-order valence-corrected chi connectivity index (χ1v) is 13.8. The zero-order valence-electron chi connectivity index (χ0n) is 21.2. The van der Waals surface area contributed by atoms with Crippen molar-refractivity contribution in [2.75, 3.05) is 32.8 Å². The number of phosphoric acid groups is 1. The molecule has 0 aliphatic carbocycles. The second kappa shape index (κ2) is 13.9. The van der Waals surface area contributed by atoms with Gasteiger partial charge in [-0.15, -0.1) is 0 Å². The Balaban J connectivity index is 1.47. The van der Waals surface area contributed by atoms with Crippen LogP contribution in [0.3, 0.4) is 0 Å². The minimum absolute atomic E-state index is 0.116. The van der Waals surface area contributed by atoms with Gasteiger partial charge in [0.05, 0.1) is 13.2 Å². The number of amidine groups is 1. The van der Waals surface area contributed by atoms with Gasteiger partial charge in [0.1, 0.15) is 30.0 Å². The van der Waals surface area contributed by atoms with Gasteiger partial charge in [0.15, 0.2) is 0 Å². The zero-order chi connectivity index (χ0) is 27.5. The van der Waals surface area contributed by atoms with Gasteiger partial charge in [-0.3, -0.25) is 19.7 Å². The number of rotatable bonds is 13. The molecule has 0 unspecified atom stereocenters. The van der Waals surface area contributed by atoms with Crippen LogP contribution >= 0.6 is 7.82 Å². The summed E-state index contributed by atoms with van der Waals surface area (Å²) in [5.41, 5.74) is 7.10. The highest BCUT2D eigenvalue weighted by Gasteiger charge is 2.19. The fourth-order valence-corrected chi connectivity index (χ4v) is 4.21. The summed E-state index contributed by atoms with van der Waals surface area (Å²) >= 11 is 0. The first kappa shape index (κ1) is 29.1. The third-order valence-electron chi connectivity index (χ3n) is 5.77. The average molecular weight is 548 g/mol. The summed E-state index contributed by atoms with van der Waals surface area (Å²) < 4.78 is 27.2. The molecule has 2 aromatic rings. The molecule has 1 heterocycles. The molecule has 0 radical (unpaired) electrons. The molecule has 1 amide bonds. The van der Waals surface area contributed by atoms with Gasteiger partial charge in [-0.2, -0.15) is 5.10 Å². The number of carbonyl (C=O) groups is 1. The van der Waals surface area contributed by atoms with Crippen molar-refractivity contribution < 1.29 is 33.1 Å². The number of amides is 1. The number of nitrogens with two attached hydrogens (primary N) is 1. The summed E-state index contributed by atoms with van der Waals surface area (Å²) in [5.74, 6) is 0.682. The van der Waals surface area contributed by atoms with Crippen LogP contribution in [0.1, 0.15) is 41.3 Å². The molecule has 1 saturated heterocycles. The number of nitrogens with zero attached hydrogens (tertiary/aromatic N) is 2. The highest BCUT2D eigenvalue weighted by atomic mass is 31.2. The van der Waals surface area contributed by atoms with E-state index < -0.39 is 7.82 Å². The Hall–Kier alpha value is -3.44. The van der Waals surface area contributed by atoms with Crippen molar-refractivity contribution in [1.82, 2.24) is 10.3 Å². The van der Waals surface area contributed by atoms with E-state index in [-0.39, 0.29) is 44.0 Å². The van der Waals surface area contributed by atoms with Gasteiger partial charge >= 0.3 is 7.82 Å². The van der Waals surface area contributed by atoms with Gasteiger partial charge in [0.2, 0.25) is 0 Å². The third-order valence-corrected chi connectivity index (χ3v) is 6.29. The summed E-state index contributed by atoms with van der Waals surface area (Å²) in [6.45, 7) is 3.71. The highest BCUT2D eigenvalue weighted by Crippen LogP contribution is 2.36. The smallest absolute Gasteiger partial charge is 0.469 e. The maximum Gasteiger partial charge on any atom is 0.469 e. The molecule has 206 valence electrons. The van der Waals surface area contributed by atoms with Crippen molar-refractivity contribution in [3.8, 4) is 11.5 Å². The fourth-order valence-electron chi connectivity index (χ4n) is 3.88. The lowest BCUT2D eigenvalue weighted by Crippen LogP contribution is -2.35. The number of phosphoric ester groups is 1. The van der Waals surface area contributed by atoms with E-state index in [9.17, 15) is 9.36 Å². The van der Waals surface area contributed by atoms with Gasteiger partial charge < -0.3 is 30.3 Å². The fraction of sp³-hybridized carbons (Fsp3) is 0.400. The minimum atomic E-state index is -4.58. The number of hydrazone groups is 1. The standard InChI is InChI=1S/C25H34N5O7P/c1-2-29-30-13-9-22(10-14-30)37-21-7-5-19(6-8-21)25(31)28-12-16-35-23-17-20(24(26)27)4-3-18(23)11-15-36-38(32,33)34/h2-8,17,22H,9-16H2,1H3,(H3,26,27)(H,28,31)(H2,32,33,34)/b29-2+. The van der Waals surface area contributed by atoms with E-state index in [2.05, 4.69) is 14.9 Å². The molecule has 1 fully saturated rings. The molecule has 0 spiro atoms. The van der Waals surface area contributed by atoms with Crippen LogP contribution in [0.25, 0.3) is 0 Å². The average Bonchev–Trinajstić information content (AvgIpc) is 2.88. The van der Waals surface area contributed by atoms with Crippen LogP contribution in [0, 0.1) is 5.41 Å². The van der Waals surface area contributed by atoms with Crippen molar-refractivity contribution in [3.05, 3.63) is 59.2 Å². The van der Waals surface area contributed by atoms with Crippen molar-refractivity contribution in [1.29, 1.82) is 5.41 Å². The number of benzene rings is 2. The molecule has 0 aromatic heterocycles. The molecular weight excluding hydrogens is 513 g/mol. The van der Waals surface area contributed by atoms with Crippen molar-refractivity contribution in [3.63, 3.8) is 0 Å². The number of hydrogen-bond donors (Lipinski definition) is 5. The number of nitrogens with one attached hydrogen (secondary N) is 2. The number of nitrogen functional groups attached to an aromatic ring is 1. The molecule has 1 aliphatic rings. The number of hydrogen-bond acceptors (Lipinski definition) is 8. The van der Waals surface area contributed by atoms with Crippen LogP contribution in [0.5, 0.6) is 11.5 Å². The third kappa shape index (κ3) is 9.46. The molecule has 0 atom stereocenters. The zero-order valence-corrected chi connectivity index (χ0v) is 22.1. The van der Waals surface area contributed by atoms with Gasteiger partial charge in [0, 0.05) is 49.7 Å². The molecular formula is C25H34N5O7P. The number of piperidine rings is 1. The Kier molecular flexibility index (Phi) is 10.7. The van der Waals surface area contributed by atoms with Gasteiger partial charge in [0.25, 0.3) is 5.91 Å². The van der Waals surface area contributed by atoms with Crippen LogP contribution in [0.2, 0.25) is 0 Å². The van der Waals surface area contributed by atoms with E-state index in [1.54, 1.807) is 48.7 Å². The Labute approximate surface area is 221 Å². The Bertz CT molecular complexity index is 1160. The Morgan fingerprint density at radius 3 is 2.50 bits per heavy atom. The number of carbonyl (C=O) groups excluding carboxylic acids is 1. The quantitative estimate of drug-likeness (QED) is 0.109. The molecule has 12 nitrogen and oxygen atoms in total. The van der Waals surface area contributed by atoms with Crippen molar-refractivity contribution in [2.24, 2.45) is 10.8 Å². The van der Waals surface area contributed by atoms with E-state index in [0.717, 1.165) is 25.9 Å². The predicted octanol–water partition coefficient (Wildman–Crippen LogP) is 2.28. The van der Waals surface area contributed by atoms with Crippen LogP contribution in [0.4, 0.5) is 0 Å². The van der Waals surface area contributed by atoms with E-state index in [1.807, 2.05) is 11.9 Å². The van der Waals surface area contributed by atoms with Crippen LogP contribution < -0.4 is 20.5 Å². The topological polar surface area (TPSA) is 180 Å². The van der Waals surface area contributed by atoms with Crippen molar-refractivity contribution in [2.45, 2.75) is 32.3 Å². The lowest BCUT2D eigenvalue weighted by Gasteiger charge is -2.30. The molecule has 6 N–H and O–H groups in total. The lowest BCUT2D eigenvalue weighted by atomic mass is 10.1. The SMILES string of the molecule is C/C=N/N1CCC(Oc2ccc(C(=O)NCCOc3cc(C(=N)N)ccc3CCOP(=O)(O)O)cc2)CC1. The summed E-state index contributed by atoms with van der Waals surface area (Å²) in [6.07, 6.45) is 3.84. The maximum atomic E-state index is 12.5. The molecule has 0 bridgehead atoms. The van der Waals surface area contributed by atoms with Crippen molar-refractivity contribution >= 4 is 25.8 Å². The van der Waals surface area contributed by atoms with E-state index in [4.69, 9.17) is 30.4 Å². The molecule has 1 aliphatic heterocycles. The summed E-state index contributed by atoms with van der Waals surface area (Å²) in [7, 11) is -4.58. The Morgan fingerprint density at radius 2 is 1.87 bits per heavy atom. The molecule has 3 rings (SSSR count). The van der Waals surface area contributed by atoms with E-state index >= 15 is 0 Å². The van der Waals surface area contributed by atoms with E-state index in [0.29, 0.717) is 28.2 Å². The summed E-state index contributed by atoms with van der Waals surface area (Å²) in [5, 5.41) is 16.7. The monoisotopic (exact) mass is 547 g/mol. The van der Waals surface area contributed by atoms with Gasteiger partial charge in [-0.1, -0.05) is 12.1 Å². The Morgan fingerprint density at radius 1 is 1.18 bits per heavy atom. The molecule has 38 heavy (non-hydrogen) atoms. The van der Waals surface area contributed by atoms with E-state index in [1.165, 1.54) is 0 Å². The largest absolute Gasteiger partial charge is 0.491 e. The van der Waals surface area contributed by atoms with Gasteiger partial charge in [-0.05, 0) is 42.8 Å². The first-order valence-electron chi connectivity index (χ1n) is 12.2. The first-order chi connectivity index (χ1) is 18.1. The second-order valence-corrected chi connectivity index (χ2v) is 9.82. The molecule has 13 heteroatoms. The minimum Gasteiger partial charge on any atom is -0.491 e. The molecule has 0 saturated carbocycles. The van der Waals surface area contributed by atoms with Crippen LogP contribution in [-0.2, 0) is 15.5 Å².